The van der Waals surface area contributed by atoms with E-state index in [-0.39, 0.29) is 27.9 Å². The van der Waals surface area contributed by atoms with Gasteiger partial charge in [-0.25, -0.2) is 0 Å². The molecule has 0 fully saturated rings. The van der Waals surface area contributed by atoms with Gasteiger partial charge in [0.2, 0.25) is 0 Å². The molecule has 0 spiro atoms. The van der Waals surface area contributed by atoms with Gasteiger partial charge in [0.25, 0.3) is 0 Å². The van der Waals surface area contributed by atoms with Gasteiger partial charge in [0, 0.05) is 24.1 Å². The molecule has 0 unspecified atom stereocenters. The van der Waals surface area contributed by atoms with Crippen molar-refractivity contribution in [1.82, 2.24) is 0 Å². The maximum Gasteiger partial charge on any atom is 0.196 e. The van der Waals surface area contributed by atoms with E-state index in [0.717, 1.165) is 19.3 Å². The van der Waals surface area contributed by atoms with Crippen LogP contribution in [0.3, 0.4) is 0 Å². The zero-order valence-corrected chi connectivity index (χ0v) is 29.3. The summed E-state index contributed by atoms with van der Waals surface area (Å²) in [6.07, 6.45) is 42.4. The molecule has 45 heavy (non-hydrogen) atoms. The zero-order chi connectivity index (χ0) is 32.4. The summed E-state index contributed by atoms with van der Waals surface area (Å²) in [5, 5.41) is 20.2. The quantitative estimate of drug-likeness (QED) is 0.0698. The highest BCUT2D eigenvalue weighted by Crippen LogP contribution is 2.33. The first-order valence-electron chi connectivity index (χ1n) is 19.2. The van der Waals surface area contributed by atoms with Gasteiger partial charge in [-0.05, 0) is 32.6 Å². The number of aromatic hydroxyl groups is 2. The molecule has 0 atom stereocenters. The predicted molar refractivity (Wildman–Crippen MR) is 194 cm³/mol. The Hall–Kier alpha value is -2.23. The fourth-order valence-electron chi connectivity index (χ4n) is 6.42. The van der Waals surface area contributed by atoms with Crippen LogP contribution in [-0.4, -0.2) is 10.2 Å². The van der Waals surface area contributed by atoms with E-state index in [9.17, 15) is 15.0 Å². The van der Waals surface area contributed by atoms with Gasteiger partial charge >= 0.3 is 0 Å². The van der Waals surface area contributed by atoms with Crippen molar-refractivity contribution >= 4 is 11.0 Å². The third kappa shape index (κ3) is 17.9. The topological polar surface area (TPSA) is 70.7 Å². The molecule has 1 aromatic carbocycles. The molecule has 2 aromatic rings. The second-order valence-corrected chi connectivity index (χ2v) is 13.6. The highest BCUT2D eigenvalue weighted by Gasteiger charge is 2.14. The number of unbranched alkanes of at least 4 members (excludes halogenated alkanes) is 25. The van der Waals surface area contributed by atoms with Crippen molar-refractivity contribution in [3.63, 3.8) is 0 Å². The lowest BCUT2D eigenvalue weighted by atomic mass is 10.0. The summed E-state index contributed by atoms with van der Waals surface area (Å²) in [5.41, 5.74) is 0.269. The molecule has 256 valence electrons. The Kier molecular flexibility index (Phi) is 22.4. The molecule has 2 rings (SSSR count). The molecule has 0 saturated carbocycles. The lowest BCUT2D eigenvalue weighted by Gasteiger charge is -2.07. The summed E-state index contributed by atoms with van der Waals surface area (Å²) in [6, 6.07) is 2.88. The maximum absolute atomic E-state index is 12.4. The summed E-state index contributed by atoms with van der Waals surface area (Å²) in [6.45, 7) is 3.87. The van der Waals surface area contributed by atoms with Gasteiger partial charge in [0.15, 0.2) is 5.43 Å². The lowest BCUT2D eigenvalue weighted by molar-refractivity contribution is 0.443. The number of hydrogen-bond acceptors (Lipinski definition) is 4. The van der Waals surface area contributed by atoms with Gasteiger partial charge in [0.05, 0.1) is 0 Å². The van der Waals surface area contributed by atoms with Crippen LogP contribution in [0.25, 0.3) is 11.0 Å². The van der Waals surface area contributed by atoms with Crippen LogP contribution in [0.2, 0.25) is 0 Å². The molecule has 4 nitrogen and oxygen atoms in total. The molecule has 0 saturated heterocycles. The SMILES string of the molecule is CCCCCCCCCCCCCCCCCCCCCCCCCCC=CCCCc1cc(=O)c2c(O)c(C)c(O)cc2o1. The maximum atomic E-state index is 12.4. The summed E-state index contributed by atoms with van der Waals surface area (Å²) < 4.78 is 5.78. The third-order valence-electron chi connectivity index (χ3n) is 9.45. The molecule has 0 bridgehead atoms. The van der Waals surface area contributed by atoms with Crippen LogP contribution in [-0.2, 0) is 6.42 Å². The van der Waals surface area contributed by atoms with Crippen LogP contribution >= 0.6 is 0 Å². The molecule has 2 N–H and O–H groups in total. The molecule has 0 aliphatic carbocycles. The van der Waals surface area contributed by atoms with Crippen molar-refractivity contribution in [2.45, 2.75) is 194 Å². The fourth-order valence-corrected chi connectivity index (χ4v) is 6.42. The van der Waals surface area contributed by atoms with Gasteiger partial charge < -0.3 is 14.6 Å². The predicted octanol–water partition coefficient (Wildman–Crippen LogP) is 13.2. The lowest BCUT2D eigenvalue weighted by Crippen LogP contribution is -2.03. The van der Waals surface area contributed by atoms with Gasteiger partial charge in [0.1, 0.15) is 28.2 Å². The minimum atomic E-state index is -0.266. The van der Waals surface area contributed by atoms with Gasteiger partial charge in [-0.15, -0.1) is 0 Å². The average Bonchev–Trinajstić information content (AvgIpc) is 3.02. The van der Waals surface area contributed by atoms with Crippen LogP contribution in [0.1, 0.15) is 192 Å². The second-order valence-electron chi connectivity index (χ2n) is 13.6. The standard InChI is InChI=1S/C41H68O4/c1-3-4-5-6-7-8-9-10-11-12-13-14-15-16-17-18-19-20-21-22-23-24-25-26-27-28-29-30-31-32-36-33-38(43)40-39(45-36)34-37(42)35(2)41(40)44/h28-29,33-34,42,44H,3-27,30-32H2,1-2H3. The van der Waals surface area contributed by atoms with Crippen molar-refractivity contribution in [2.75, 3.05) is 0 Å². The van der Waals surface area contributed by atoms with Crippen molar-refractivity contribution in [2.24, 2.45) is 0 Å². The summed E-state index contributed by atoms with van der Waals surface area (Å²) in [7, 11) is 0. The summed E-state index contributed by atoms with van der Waals surface area (Å²) in [5.74, 6) is 0.325. The van der Waals surface area contributed by atoms with E-state index in [1.807, 2.05) is 0 Å². The van der Waals surface area contributed by atoms with Gasteiger partial charge in [-0.3, -0.25) is 4.79 Å². The van der Waals surface area contributed by atoms with Crippen molar-refractivity contribution in [3.8, 4) is 11.5 Å². The first kappa shape index (κ1) is 39.0. The Bertz CT molecular complexity index is 1100. The van der Waals surface area contributed by atoms with E-state index in [2.05, 4.69) is 19.1 Å². The van der Waals surface area contributed by atoms with Crippen LogP contribution in [0, 0.1) is 6.92 Å². The molecular formula is C41H68O4. The monoisotopic (exact) mass is 625 g/mol. The van der Waals surface area contributed by atoms with Gasteiger partial charge in [-0.2, -0.15) is 0 Å². The first-order chi connectivity index (χ1) is 22.0. The second kappa shape index (κ2) is 25.9. The number of benzene rings is 1. The molecule has 0 amide bonds. The zero-order valence-electron chi connectivity index (χ0n) is 29.3. The minimum Gasteiger partial charge on any atom is -0.507 e. The van der Waals surface area contributed by atoms with Crippen LogP contribution in [0.15, 0.2) is 33.5 Å². The number of phenolic OH excluding ortho intramolecular Hbond substituents is 2. The third-order valence-corrected chi connectivity index (χ3v) is 9.45. The smallest absolute Gasteiger partial charge is 0.196 e. The normalized spacial score (nSPS) is 11.8. The molecule has 0 radical (unpaired) electrons. The van der Waals surface area contributed by atoms with Crippen molar-refractivity contribution in [3.05, 3.63) is 45.8 Å². The minimum absolute atomic E-state index is 0.0658. The van der Waals surface area contributed by atoms with Crippen molar-refractivity contribution in [1.29, 1.82) is 0 Å². The molecule has 4 heteroatoms. The van der Waals surface area contributed by atoms with Crippen LogP contribution in [0.4, 0.5) is 0 Å². The van der Waals surface area contributed by atoms with E-state index in [1.54, 1.807) is 6.92 Å². The Morgan fingerprint density at radius 1 is 0.578 bits per heavy atom. The molecule has 1 aromatic heterocycles. The highest BCUT2D eigenvalue weighted by molar-refractivity contribution is 5.86. The summed E-state index contributed by atoms with van der Waals surface area (Å²) >= 11 is 0. The fraction of sp³-hybridized carbons (Fsp3) is 0.732. The van der Waals surface area contributed by atoms with Crippen molar-refractivity contribution < 1.29 is 14.6 Å². The molecule has 0 aliphatic heterocycles. The van der Waals surface area contributed by atoms with E-state index in [0.29, 0.717) is 17.7 Å². The van der Waals surface area contributed by atoms with E-state index in [4.69, 9.17) is 4.42 Å². The Balaban J connectivity index is 1.30. The molecule has 1 heterocycles. The van der Waals surface area contributed by atoms with Crippen LogP contribution in [0.5, 0.6) is 11.5 Å². The number of hydrogen-bond donors (Lipinski definition) is 2. The number of phenols is 2. The Morgan fingerprint density at radius 2 is 0.978 bits per heavy atom. The largest absolute Gasteiger partial charge is 0.507 e. The number of aryl methyl sites for hydroxylation is 1. The Morgan fingerprint density at radius 3 is 1.42 bits per heavy atom. The number of rotatable bonds is 29. The highest BCUT2D eigenvalue weighted by atomic mass is 16.3. The number of allylic oxidation sites excluding steroid dienone is 2. The Labute approximate surface area is 276 Å². The van der Waals surface area contributed by atoms with E-state index >= 15 is 0 Å². The van der Waals surface area contributed by atoms with Gasteiger partial charge in [-0.1, -0.05) is 167 Å². The average molecular weight is 625 g/mol. The molecule has 0 aliphatic rings. The van der Waals surface area contributed by atoms with E-state index < -0.39 is 0 Å². The molecular weight excluding hydrogens is 556 g/mol. The summed E-state index contributed by atoms with van der Waals surface area (Å²) in [4.78, 5) is 12.4. The van der Waals surface area contributed by atoms with Crippen LogP contribution < -0.4 is 5.43 Å². The van der Waals surface area contributed by atoms with E-state index in [1.165, 1.54) is 166 Å². The first-order valence-corrected chi connectivity index (χ1v) is 19.2. The number of fused-ring (bicyclic) bond motifs is 1.